The molecule has 25 heavy (non-hydrogen) atoms. The van der Waals surface area contributed by atoms with E-state index in [0.29, 0.717) is 6.42 Å². The number of rotatable bonds is 19. The van der Waals surface area contributed by atoms with Crippen LogP contribution in [0, 0.1) is 0 Å². The minimum Gasteiger partial charge on any atom is -0.393 e. The first-order valence-corrected chi connectivity index (χ1v) is 12.2. The van der Waals surface area contributed by atoms with Crippen molar-refractivity contribution in [1.82, 2.24) is 0 Å². The summed E-state index contributed by atoms with van der Waals surface area (Å²) in [5.41, 5.74) is 0. The van der Waals surface area contributed by atoms with Gasteiger partial charge in [-0.3, -0.25) is 4.55 Å². The summed E-state index contributed by atoms with van der Waals surface area (Å²) < 4.78 is 29.8. The number of hydrogen-bond donors (Lipinski definition) is 2. The van der Waals surface area contributed by atoms with Crippen LogP contribution in [0.15, 0.2) is 0 Å². The van der Waals surface area contributed by atoms with E-state index in [-0.39, 0.29) is 11.9 Å². The van der Waals surface area contributed by atoms with E-state index in [2.05, 4.69) is 6.92 Å². The largest absolute Gasteiger partial charge is 0.393 e. The molecule has 2 N–H and O–H groups in total. The molecule has 0 amide bonds. The molecular formula is C20H42O4S. The van der Waals surface area contributed by atoms with Crippen molar-refractivity contribution in [3.63, 3.8) is 0 Å². The summed E-state index contributed by atoms with van der Waals surface area (Å²) in [5, 5.41) is 9.98. The molecule has 0 saturated heterocycles. The third kappa shape index (κ3) is 21.8. The molecule has 0 saturated carbocycles. The predicted octanol–water partition coefficient (Wildman–Crippen LogP) is 5.89. The average molecular weight is 379 g/mol. The summed E-state index contributed by atoms with van der Waals surface area (Å²) in [6.45, 7) is 2.25. The molecule has 0 radical (unpaired) electrons. The van der Waals surface area contributed by atoms with Gasteiger partial charge in [0.25, 0.3) is 10.1 Å². The van der Waals surface area contributed by atoms with Gasteiger partial charge in [0.15, 0.2) is 0 Å². The number of aliphatic hydroxyl groups is 1. The second-order valence-electron chi connectivity index (χ2n) is 7.47. The lowest BCUT2D eigenvalue weighted by Crippen LogP contribution is -2.06. The topological polar surface area (TPSA) is 74.6 Å². The molecule has 0 aromatic carbocycles. The van der Waals surface area contributed by atoms with Crippen molar-refractivity contribution < 1.29 is 18.1 Å². The highest BCUT2D eigenvalue weighted by molar-refractivity contribution is 7.85. The molecule has 0 aliphatic heterocycles. The lowest BCUT2D eigenvalue weighted by Gasteiger charge is -2.10. The highest BCUT2D eigenvalue weighted by Crippen LogP contribution is 2.15. The fourth-order valence-corrected chi connectivity index (χ4v) is 3.78. The number of unbranched alkanes of at least 4 members (excludes halogenated alkanes) is 13. The van der Waals surface area contributed by atoms with E-state index in [0.717, 1.165) is 51.4 Å². The molecule has 0 rings (SSSR count). The van der Waals surface area contributed by atoms with Crippen LogP contribution >= 0.6 is 0 Å². The first kappa shape index (κ1) is 24.9. The van der Waals surface area contributed by atoms with E-state index in [9.17, 15) is 13.5 Å². The molecule has 0 bridgehead atoms. The molecule has 0 aliphatic rings. The zero-order valence-electron chi connectivity index (χ0n) is 16.4. The van der Waals surface area contributed by atoms with Gasteiger partial charge in [0.05, 0.1) is 11.9 Å². The van der Waals surface area contributed by atoms with Gasteiger partial charge >= 0.3 is 0 Å². The fraction of sp³-hybridized carbons (Fsp3) is 1.00. The van der Waals surface area contributed by atoms with Crippen LogP contribution < -0.4 is 0 Å². The van der Waals surface area contributed by atoms with Crippen molar-refractivity contribution in [3.8, 4) is 0 Å². The van der Waals surface area contributed by atoms with Crippen LogP contribution in [0.3, 0.4) is 0 Å². The van der Waals surface area contributed by atoms with Crippen LogP contribution in [0.4, 0.5) is 0 Å². The maximum Gasteiger partial charge on any atom is 0.264 e. The Labute approximate surface area is 156 Å². The molecular weight excluding hydrogens is 336 g/mol. The van der Waals surface area contributed by atoms with E-state index in [1.54, 1.807) is 0 Å². The maximum atomic E-state index is 10.6. The SMILES string of the molecule is CCCCCCCCCCCC(O)CCCCCCCCS(=O)(=O)O. The number of hydrogen-bond acceptors (Lipinski definition) is 3. The van der Waals surface area contributed by atoms with Gasteiger partial charge < -0.3 is 5.11 Å². The van der Waals surface area contributed by atoms with Gasteiger partial charge in [0.2, 0.25) is 0 Å². The Morgan fingerprint density at radius 2 is 1.00 bits per heavy atom. The maximum absolute atomic E-state index is 10.6. The molecule has 0 aliphatic carbocycles. The minimum absolute atomic E-state index is 0.121. The summed E-state index contributed by atoms with van der Waals surface area (Å²) in [6, 6.07) is 0. The number of aliphatic hydroxyl groups excluding tert-OH is 1. The summed E-state index contributed by atoms with van der Waals surface area (Å²) in [7, 11) is -3.79. The van der Waals surface area contributed by atoms with Crippen LogP contribution in [0.2, 0.25) is 0 Å². The molecule has 0 spiro atoms. The molecule has 4 nitrogen and oxygen atoms in total. The van der Waals surface area contributed by atoms with Gasteiger partial charge in [-0.1, -0.05) is 96.8 Å². The Morgan fingerprint density at radius 1 is 0.640 bits per heavy atom. The highest BCUT2D eigenvalue weighted by atomic mass is 32.2. The monoisotopic (exact) mass is 378 g/mol. The van der Waals surface area contributed by atoms with E-state index in [4.69, 9.17) is 4.55 Å². The minimum atomic E-state index is -3.79. The molecule has 152 valence electrons. The van der Waals surface area contributed by atoms with Crippen LogP contribution in [-0.2, 0) is 10.1 Å². The van der Waals surface area contributed by atoms with Gasteiger partial charge in [0.1, 0.15) is 0 Å². The van der Waals surface area contributed by atoms with Crippen LogP contribution in [0.5, 0.6) is 0 Å². The zero-order valence-corrected chi connectivity index (χ0v) is 17.2. The molecule has 0 aromatic heterocycles. The summed E-state index contributed by atoms with van der Waals surface area (Å²) >= 11 is 0. The predicted molar refractivity (Wildman–Crippen MR) is 107 cm³/mol. The van der Waals surface area contributed by atoms with Crippen LogP contribution in [0.25, 0.3) is 0 Å². The highest BCUT2D eigenvalue weighted by Gasteiger charge is 2.05. The summed E-state index contributed by atoms with van der Waals surface area (Å²) in [6.07, 6.45) is 19.2. The van der Waals surface area contributed by atoms with E-state index in [1.807, 2.05) is 0 Å². The Hall–Kier alpha value is -0.130. The van der Waals surface area contributed by atoms with Crippen molar-refractivity contribution in [2.45, 2.75) is 122 Å². The Morgan fingerprint density at radius 3 is 1.40 bits per heavy atom. The molecule has 0 fully saturated rings. The second kappa shape index (κ2) is 17.3. The van der Waals surface area contributed by atoms with Crippen molar-refractivity contribution in [2.75, 3.05) is 5.75 Å². The first-order chi connectivity index (χ1) is 12.0. The van der Waals surface area contributed by atoms with Crippen LogP contribution in [0.1, 0.15) is 116 Å². The Balaban J connectivity index is 3.22. The Bertz CT molecular complexity index is 368. The molecule has 0 heterocycles. The standard InChI is InChI=1S/C20H42O4S/c1-2-3-4-5-6-7-8-11-14-17-20(21)18-15-12-9-10-13-16-19-25(22,23)24/h20-21H,2-19H2,1H3,(H,22,23,24). The molecule has 1 unspecified atom stereocenters. The molecule has 1 atom stereocenters. The van der Waals surface area contributed by atoms with Gasteiger partial charge in [-0.25, -0.2) is 0 Å². The smallest absolute Gasteiger partial charge is 0.264 e. The summed E-state index contributed by atoms with van der Waals surface area (Å²) in [5.74, 6) is -0.121. The van der Waals surface area contributed by atoms with Gasteiger partial charge in [-0.2, -0.15) is 8.42 Å². The van der Waals surface area contributed by atoms with Gasteiger partial charge in [0, 0.05) is 0 Å². The third-order valence-corrected chi connectivity index (χ3v) is 5.64. The van der Waals surface area contributed by atoms with Crippen molar-refractivity contribution in [1.29, 1.82) is 0 Å². The lowest BCUT2D eigenvalue weighted by molar-refractivity contribution is 0.147. The third-order valence-electron chi connectivity index (χ3n) is 4.83. The zero-order chi connectivity index (χ0) is 18.8. The Kier molecular flexibility index (Phi) is 17.2. The van der Waals surface area contributed by atoms with E-state index in [1.165, 1.54) is 51.4 Å². The summed E-state index contributed by atoms with van der Waals surface area (Å²) in [4.78, 5) is 0. The van der Waals surface area contributed by atoms with Gasteiger partial charge in [-0.15, -0.1) is 0 Å². The fourth-order valence-electron chi connectivity index (χ4n) is 3.21. The molecule has 0 aromatic rings. The van der Waals surface area contributed by atoms with Crippen LogP contribution in [-0.4, -0.2) is 29.9 Å². The van der Waals surface area contributed by atoms with Gasteiger partial charge in [-0.05, 0) is 19.3 Å². The van der Waals surface area contributed by atoms with E-state index < -0.39 is 10.1 Å². The van der Waals surface area contributed by atoms with Crippen molar-refractivity contribution in [2.24, 2.45) is 0 Å². The second-order valence-corrected chi connectivity index (χ2v) is 9.04. The molecule has 5 heteroatoms. The van der Waals surface area contributed by atoms with Crippen molar-refractivity contribution >= 4 is 10.1 Å². The quantitative estimate of drug-likeness (QED) is 0.217. The lowest BCUT2D eigenvalue weighted by atomic mass is 10.0. The van der Waals surface area contributed by atoms with Crippen molar-refractivity contribution in [3.05, 3.63) is 0 Å². The first-order valence-electron chi connectivity index (χ1n) is 10.6. The normalized spacial score (nSPS) is 13.2. The van der Waals surface area contributed by atoms with E-state index >= 15 is 0 Å². The average Bonchev–Trinajstić information content (AvgIpc) is 2.54.